The van der Waals surface area contributed by atoms with Crippen LogP contribution >= 0.6 is 22.6 Å². The van der Waals surface area contributed by atoms with Crippen molar-refractivity contribution in [1.29, 1.82) is 0 Å². The van der Waals surface area contributed by atoms with Crippen molar-refractivity contribution >= 4 is 45.7 Å². The minimum Gasteiger partial charge on any atom is -0.494 e. The van der Waals surface area contributed by atoms with Gasteiger partial charge in [0.2, 0.25) is 0 Å². The molecule has 0 aliphatic carbocycles. The second-order valence-corrected chi connectivity index (χ2v) is 8.52. The Balaban J connectivity index is 1.44. The summed E-state index contributed by atoms with van der Waals surface area (Å²) in [5, 5.41) is 4.79. The average molecular weight is 588 g/mol. The molecule has 4 aromatic rings. The molecule has 4 rings (SSSR count). The summed E-state index contributed by atoms with van der Waals surface area (Å²) in [6.45, 7) is 2.51. The summed E-state index contributed by atoms with van der Waals surface area (Å²) in [5.41, 5.74) is 4.16. The van der Waals surface area contributed by atoms with Crippen molar-refractivity contribution < 1.29 is 27.8 Å². The molecule has 3 aromatic carbocycles. The number of hydrazone groups is 1. The Labute approximate surface area is 215 Å². The van der Waals surface area contributed by atoms with E-state index in [0.29, 0.717) is 40.6 Å². The number of rotatable bonds is 9. The van der Waals surface area contributed by atoms with Gasteiger partial charge in [-0.3, -0.25) is 4.79 Å². The molecule has 0 fully saturated rings. The first kappa shape index (κ1) is 24.5. The van der Waals surface area contributed by atoms with E-state index >= 15 is 0 Å². The first-order valence-electron chi connectivity index (χ1n) is 10.7. The lowest BCUT2D eigenvalue weighted by Crippen LogP contribution is -2.16. The molecular formula is C26H22FIN2O5. The van der Waals surface area contributed by atoms with Gasteiger partial charge < -0.3 is 18.6 Å². The van der Waals surface area contributed by atoms with E-state index < -0.39 is 5.91 Å². The third-order valence-corrected chi connectivity index (χ3v) is 5.79. The SMILES string of the molecule is CCOc1ccc2oc(C(=O)N/N=C/c3cc(I)c(OCc4ccccc4F)c(OC)c3)cc2c1. The molecule has 0 atom stereocenters. The fourth-order valence-electron chi connectivity index (χ4n) is 3.33. The first-order valence-corrected chi connectivity index (χ1v) is 11.8. The molecule has 1 aromatic heterocycles. The molecule has 1 N–H and O–H groups in total. The Hall–Kier alpha value is -3.60. The van der Waals surface area contributed by atoms with Gasteiger partial charge in [-0.1, -0.05) is 18.2 Å². The molecule has 0 aliphatic heterocycles. The van der Waals surface area contributed by atoms with E-state index in [0.717, 1.165) is 8.96 Å². The largest absolute Gasteiger partial charge is 0.494 e. The molecular weight excluding hydrogens is 566 g/mol. The van der Waals surface area contributed by atoms with Gasteiger partial charge in [0.1, 0.15) is 23.8 Å². The number of nitrogens with one attached hydrogen (secondary N) is 1. The Morgan fingerprint density at radius 2 is 1.97 bits per heavy atom. The topological polar surface area (TPSA) is 82.3 Å². The number of carbonyl (C=O) groups excluding carboxylic acids is 1. The number of methoxy groups -OCH3 is 1. The van der Waals surface area contributed by atoms with Gasteiger partial charge >= 0.3 is 5.91 Å². The second-order valence-electron chi connectivity index (χ2n) is 7.36. The lowest BCUT2D eigenvalue weighted by atomic mass is 10.2. The molecule has 0 aliphatic rings. The maximum atomic E-state index is 13.9. The summed E-state index contributed by atoms with van der Waals surface area (Å²) in [6.07, 6.45) is 1.49. The van der Waals surface area contributed by atoms with Crippen LogP contribution in [-0.4, -0.2) is 25.8 Å². The number of nitrogens with zero attached hydrogens (tertiary/aromatic N) is 1. The van der Waals surface area contributed by atoms with Gasteiger partial charge in [0.15, 0.2) is 17.3 Å². The van der Waals surface area contributed by atoms with Crippen molar-refractivity contribution in [3.63, 3.8) is 0 Å². The predicted octanol–water partition coefficient (Wildman–Crippen LogP) is 5.93. The van der Waals surface area contributed by atoms with Crippen molar-refractivity contribution in [2.45, 2.75) is 13.5 Å². The molecule has 0 spiro atoms. The van der Waals surface area contributed by atoms with Crippen LogP contribution in [0, 0.1) is 9.39 Å². The number of furan rings is 1. The van der Waals surface area contributed by atoms with Crippen molar-refractivity contribution in [3.8, 4) is 17.2 Å². The quantitative estimate of drug-likeness (QED) is 0.149. The molecule has 35 heavy (non-hydrogen) atoms. The minimum absolute atomic E-state index is 0.0616. The Kier molecular flexibility index (Phi) is 7.86. The van der Waals surface area contributed by atoms with Crippen molar-refractivity contribution in [2.75, 3.05) is 13.7 Å². The van der Waals surface area contributed by atoms with Crippen LogP contribution in [0.25, 0.3) is 11.0 Å². The Morgan fingerprint density at radius 1 is 1.14 bits per heavy atom. The van der Waals surface area contributed by atoms with Crippen LogP contribution < -0.4 is 19.6 Å². The number of amides is 1. The third-order valence-electron chi connectivity index (χ3n) is 4.98. The third kappa shape index (κ3) is 5.91. The van der Waals surface area contributed by atoms with E-state index in [1.807, 2.05) is 19.1 Å². The predicted molar refractivity (Wildman–Crippen MR) is 139 cm³/mol. The van der Waals surface area contributed by atoms with E-state index in [1.54, 1.807) is 42.5 Å². The number of ether oxygens (including phenoxy) is 3. The van der Waals surface area contributed by atoms with E-state index in [2.05, 4.69) is 33.1 Å². The molecule has 0 radical (unpaired) electrons. The monoisotopic (exact) mass is 588 g/mol. The number of hydrogen-bond acceptors (Lipinski definition) is 6. The van der Waals surface area contributed by atoms with Gasteiger partial charge in [-0.25, -0.2) is 9.82 Å². The highest BCUT2D eigenvalue weighted by Gasteiger charge is 2.14. The van der Waals surface area contributed by atoms with Crippen LogP contribution in [0.4, 0.5) is 4.39 Å². The van der Waals surface area contributed by atoms with Crippen molar-refractivity contribution in [2.24, 2.45) is 5.10 Å². The molecule has 0 saturated heterocycles. The Bertz CT molecular complexity index is 1390. The lowest BCUT2D eigenvalue weighted by molar-refractivity contribution is 0.0929. The highest BCUT2D eigenvalue weighted by atomic mass is 127. The lowest BCUT2D eigenvalue weighted by Gasteiger charge is -2.14. The maximum absolute atomic E-state index is 13.9. The second kappa shape index (κ2) is 11.2. The summed E-state index contributed by atoms with van der Waals surface area (Å²) < 4.78 is 37.0. The van der Waals surface area contributed by atoms with Crippen LogP contribution in [-0.2, 0) is 6.61 Å². The highest BCUT2D eigenvalue weighted by molar-refractivity contribution is 14.1. The summed E-state index contributed by atoms with van der Waals surface area (Å²) in [7, 11) is 1.52. The normalized spacial score (nSPS) is 11.1. The van der Waals surface area contributed by atoms with Gasteiger partial charge in [0.05, 0.1) is 23.5 Å². The Morgan fingerprint density at radius 3 is 2.74 bits per heavy atom. The zero-order valence-corrected chi connectivity index (χ0v) is 21.2. The molecule has 1 amide bonds. The van der Waals surface area contributed by atoms with Gasteiger partial charge in [-0.15, -0.1) is 0 Å². The van der Waals surface area contributed by atoms with E-state index in [4.69, 9.17) is 18.6 Å². The molecule has 0 bridgehead atoms. The molecule has 1 heterocycles. The van der Waals surface area contributed by atoms with Crippen LogP contribution in [0.1, 0.15) is 28.6 Å². The van der Waals surface area contributed by atoms with E-state index in [1.165, 1.54) is 19.4 Å². The minimum atomic E-state index is -0.484. The summed E-state index contributed by atoms with van der Waals surface area (Å²) in [6, 6.07) is 16.9. The highest BCUT2D eigenvalue weighted by Crippen LogP contribution is 2.34. The molecule has 7 nitrogen and oxygen atoms in total. The maximum Gasteiger partial charge on any atom is 0.307 e. The number of carbonyl (C=O) groups is 1. The van der Waals surface area contributed by atoms with Crippen LogP contribution in [0.2, 0.25) is 0 Å². The summed E-state index contributed by atoms with van der Waals surface area (Å²) >= 11 is 2.10. The average Bonchev–Trinajstić information content (AvgIpc) is 3.28. The van der Waals surface area contributed by atoms with Gasteiger partial charge in [0.25, 0.3) is 0 Å². The van der Waals surface area contributed by atoms with Gasteiger partial charge in [0, 0.05) is 10.9 Å². The van der Waals surface area contributed by atoms with Crippen molar-refractivity contribution in [3.05, 3.63) is 86.9 Å². The summed E-state index contributed by atoms with van der Waals surface area (Å²) in [5.74, 6) is 0.974. The molecule has 0 saturated carbocycles. The molecule has 9 heteroatoms. The molecule has 180 valence electrons. The van der Waals surface area contributed by atoms with Gasteiger partial charge in [-0.05, 0) is 77.5 Å². The number of fused-ring (bicyclic) bond motifs is 1. The number of benzene rings is 3. The summed E-state index contributed by atoms with van der Waals surface area (Å²) in [4.78, 5) is 12.5. The first-order chi connectivity index (χ1) is 17.0. The standard InChI is InChI=1S/C26H22FIN2O5/c1-3-33-19-8-9-22-18(12-19)13-24(35-22)26(31)30-29-14-16-10-21(28)25(23(11-16)32-2)34-15-17-6-4-5-7-20(17)27/h4-14H,3,15H2,1-2H3,(H,30,31)/b29-14+. The van der Waals surface area contributed by atoms with Crippen LogP contribution in [0.15, 0.2) is 70.2 Å². The van der Waals surface area contributed by atoms with Crippen LogP contribution in [0.5, 0.6) is 17.2 Å². The van der Waals surface area contributed by atoms with Crippen molar-refractivity contribution in [1.82, 2.24) is 5.43 Å². The van der Waals surface area contributed by atoms with E-state index in [-0.39, 0.29) is 18.2 Å². The fourth-order valence-corrected chi connectivity index (χ4v) is 4.11. The zero-order valence-electron chi connectivity index (χ0n) is 19.0. The van der Waals surface area contributed by atoms with Gasteiger partial charge in [-0.2, -0.15) is 5.10 Å². The van der Waals surface area contributed by atoms with Crippen LogP contribution in [0.3, 0.4) is 0 Å². The smallest absolute Gasteiger partial charge is 0.307 e. The zero-order chi connectivity index (χ0) is 24.8. The fraction of sp³-hybridized carbons (Fsp3) is 0.154. The number of hydrogen-bond donors (Lipinski definition) is 1. The molecule has 0 unspecified atom stereocenters. The number of halogens is 2. The van der Waals surface area contributed by atoms with E-state index in [9.17, 15) is 9.18 Å².